The van der Waals surface area contributed by atoms with Gasteiger partial charge in [-0.25, -0.2) is 4.39 Å². The number of hydrogen-bond donors (Lipinski definition) is 0. The molecule has 0 amide bonds. The van der Waals surface area contributed by atoms with Gasteiger partial charge in [-0.1, -0.05) is 12.1 Å². The Kier molecular flexibility index (Phi) is 2.77. The molecule has 0 unspecified atom stereocenters. The first-order valence-corrected chi connectivity index (χ1v) is 4.90. The molecule has 3 heteroatoms. The molecule has 2 nitrogen and oxygen atoms in total. The number of nitrogens with zero attached hydrogens (tertiary/aromatic N) is 1. The zero-order valence-electron chi connectivity index (χ0n) is 8.77. The number of rotatable bonds is 2. The number of benzene rings is 1. The third-order valence-corrected chi connectivity index (χ3v) is 2.32. The number of ketones is 1. The van der Waals surface area contributed by atoms with E-state index in [1.54, 1.807) is 30.3 Å². The Morgan fingerprint density at radius 1 is 1.19 bits per heavy atom. The summed E-state index contributed by atoms with van der Waals surface area (Å²) in [5, 5.41) is 0. The molecule has 0 bridgehead atoms. The van der Waals surface area contributed by atoms with Crippen LogP contribution in [-0.4, -0.2) is 10.8 Å². The Morgan fingerprint density at radius 3 is 2.50 bits per heavy atom. The van der Waals surface area contributed by atoms with E-state index in [9.17, 15) is 9.18 Å². The Bertz CT molecular complexity index is 520. The first kappa shape index (κ1) is 10.5. The fraction of sp³-hybridized carbons (Fsp3) is 0.0769. The topological polar surface area (TPSA) is 30.0 Å². The van der Waals surface area contributed by atoms with Gasteiger partial charge in [-0.05, 0) is 31.2 Å². The van der Waals surface area contributed by atoms with Crippen molar-refractivity contribution in [2.75, 3.05) is 0 Å². The molecule has 0 radical (unpaired) electrons. The standard InChI is InChI=1S/C13H10FNO/c1-9(16)10-6-7-13(15-8-10)11-4-2-3-5-12(11)14/h2-8H,1H3. The van der Waals surface area contributed by atoms with Gasteiger partial charge in [0.2, 0.25) is 0 Å². The minimum Gasteiger partial charge on any atom is -0.294 e. The molecule has 0 aliphatic heterocycles. The molecule has 0 fully saturated rings. The van der Waals surface area contributed by atoms with Crippen molar-refractivity contribution in [2.45, 2.75) is 6.92 Å². The van der Waals surface area contributed by atoms with Crippen LogP contribution in [0, 0.1) is 5.82 Å². The van der Waals surface area contributed by atoms with Crippen molar-refractivity contribution in [2.24, 2.45) is 0 Å². The van der Waals surface area contributed by atoms with Gasteiger partial charge >= 0.3 is 0 Å². The Hall–Kier alpha value is -2.03. The maximum Gasteiger partial charge on any atom is 0.161 e. The number of Topliss-reactive ketones (excluding diaryl/α,β-unsaturated/α-hetero) is 1. The summed E-state index contributed by atoms with van der Waals surface area (Å²) in [5.41, 5.74) is 1.50. The molecule has 0 aliphatic rings. The van der Waals surface area contributed by atoms with E-state index in [2.05, 4.69) is 4.98 Å². The summed E-state index contributed by atoms with van der Waals surface area (Å²) in [4.78, 5) is 15.1. The summed E-state index contributed by atoms with van der Waals surface area (Å²) in [6.45, 7) is 1.47. The highest BCUT2D eigenvalue weighted by Crippen LogP contribution is 2.20. The normalized spacial score (nSPS) is 10.1. The van der Waals surface area contributed by atoms with Crippen LogP contribution < -0.4 is 0 Å². The van der Waals surface area contributed by atoms with E-state index in [1.807, 2.05) is 0 Å². The van der Waals surface area contributed by atoms with Gasteiger partial charge < -0.3 is 0 Å². The number of hydrogen-bond acceptors (Lipinski definition) is 2. The third-order valence-electron chi connectivity index (χ3n) is 2.32. The predicted octanol–water partition coefficient (Wildman–Crippen LogP) is 3.09. The largest absolute Gasteiger partial charge is 0.294 e. The zero-order valence-corrected chi connectivity index (χ0v) is 8.77. The summed E-state index contributed by atoms with van der Waals surface area (Å²) in [6.07, 6.45) is 1.46. The second-order valence-electron chi connectivity index (χ2n) is 3.47. The molecule has 0 atom stereocenters. The van der Waals surface area contributed by atoms with Crippen molar-refractivity contribution in [3.05, 3.63) is 54.0 Å². The molecule has 2 aromatic rings. The molecule has 2 rings (SSSR count). The molecule has 0 aliphatic carbocycles. The Labute approximate surface area is 92.8 Å². The minimum absolute atomic E-state index is 0.0485. The van der Waals surface area contributed by atoms with Crippen LogP contribution in [0.15, 0.2) is 42.6 Å². The minimum atomic E-state index is -0.314. The molecule has 1 aromatic heterocycles. The highest BCUT2D eigenvalue weighted by molar-refractivity contribution is 5.93. The van der Waals surface area contributed by atoms with E-state index in [-0.39, 0.29) is 11.6 Å². The van der Waals surface area contributed by atoms with Crippen LogP contribution in [-0.2, 0) is 0 Å². The van der Waals surface area contributed by atoms with Crippen LogP contribution in [0.1, 0.15) is 17.3 Å². The SMILES string of the molecule is CC(=O)c1ccc(-c2ccccc2F)nc1. The van der Waals surface area contributed by atoms with E-state index < -0.39 is 0 Å². The third kappa shape index (κ3) is 1.98. The van der Waals surface area contributed by atoms with E-state index >= 15 is 0 Å². The van der Waals surface area contributed by atoms with Crippen molar-refractivity contribution in [3.8, 4) is 11.3 Å². The lowest BCUT2D eigenvalue weighted by Gasteiger charge is -2.02. The maximum atomic E-state index is 13.4. The van der Waals surface area contributed by atoms with Crippen molar-refractivity contribution in [1.29, 1.82) is 0 Å². The molecule has 16 heavy (non-hydrogen) atoms. The van der Waals surface area contributed by atoms with Gasteiger partial charge in [-0.3, -0.25) is 9.78 Å². The molecule has 0 saturated carbocycles. The van der Waals surface area contributed by atoms with Crippen LogP contribution in [0.25, 0.3) is 11.3 Å². The molecular weight excluding hydrogens is 205 g/mol. The van der Waals surface area contributed by atoms with Gasteiger partial charge in [0.05, 0.1) is 5.69 Å². The van der Waals surface area contributed by atoms with Crippen molar-refractivity contribution in [1.82, 2.24) is 4.98 Å². The van der Waals surface area contributed by atoms with Gasteiger partial charge in [0, 0.05) is 17.3 Å². The molecule has 80 valence electrons. The summed E-state index contributed by atoms with van der Waals surface area (Å²) in [5.74, 6) is -0.363. The predicted molar refractivity (Wildman–Crippen MR) is 59.6 cm³/mol. The molecule has 0 N–H and O–H groups in total. The average Bonchev–Trinajstić information content (AvgIpc) is 2.30. The fourth-order valence-electron chi connectivity index (χ4n) is 1.43. The number of aromatic nitrogens is 1. The molecule has 1 heterocycles. The maximum absolute atomic E-state index is 13.4. The van der Waals surface area contributed by atoms with Crippen LogP contribution in [0.5, 0.6) is 0 Å². The van der Waals surface area contributed by atoms with E-state index in [1.165, 1.54) is 19.2 Å². The Morgan fingerprint density at radius 2 is 1.94 bits per heavy atom. The van der Waals surface area contributed by atoms with Crippen LogP contribution in [0.4, 0.5) is 4.39 Å². The summed E-state index contributed by atoms with van der Waals surface area (Å²) >= 11 is 0. The van der Waals surface area contributed by atoms with Crippen molar-refractivity contribution < 1.29 is 9.18 Å². The Balaban J connectivity index is 2.43. The fourth-order valence-corrected chi connectivity index (χ4v) is 1.43. The van der Waals surface area contributed by atoms with Crippen LogP contribution in [0.3, 0.4) is 0 Å². The molecular formula is C13H10FNO. The van der Waals surface area contributed by atoms with Crippen molar-refractivity contribution in [3.63, 3.8) is 0 Å². The molecule has 0 spiro atoms. The lowest BCUT2D eigenvalue weighted by Crippen LogP contribution is -1.94. The lowest BCUT2D eigenvalue weighted by molar-refractivity contribution is 0.101. The molecule has 0 saturated heterocycles. The van der Waals surface area contributed by atoms with E-state index in [0.717, 1.165) is 0 Å². The summed E-state index contributed by atoms with van der Waals surface area (Å²) in [6, 6.07) is 9.72. The first-order valence-electron chi connectivity index (χ1n) is 4.90. The number of carbonyl (C=O) groups is 1. The van der Waals surface area contributed by atoms with Gasteiger partial charge in [0.1, 0.15) is 5.82 Å². The van der Waals surface area contributed by atoms with Gasteiger partial charge in [0.15, 0.2) is 5.78 Å². The number of pyridine rings is 1. The zero-order chi connectivity index (χ0) is 11.5. The van der Waals surface area contributed by atoms with Crippen LogP contribution >= 0.6 is 0 Å². The number of halogens is 1. The highest BCUT2D eigenvalue weighted by Gasteiger charge is 2.06. The highest BCUT2D eigenvalue weighted by atomic mass is 19.1. The van der Waals surface area contributed by atoms with Crippen molar-refractivity contribution >= 4 is 5.78 Å². The van der Waals surface area contributed by atoms with E-state index in [4.69, 9.17) is 0 Å². The van der Waals surface area contributed by atoms with E-state index in [0.29, 0.717) is 16.8 Å². The second-order valence-corrected chi connectivity index (χ2v) is 3.47. The second kappa shape index (κ2) is 4.23. The van der Waals surface area contributed by atoms with Gasteiger partial charge in [-0.15, -0.1) is 0 Å². The average molecular weight is 215 g/mol. The summed E-state index contributed by atoms with van der Waals surface area (Å²) < 4.78 is 13.4. The van der Waals surface area contributed by atoms with Crippen LogP contribution in [0.2, 0.25) is 0 Å². The molecule has 1 aromatic carbocycles. The smallest absolute Gasteiger partial charge is 0.161 e. The number of carbonyl (C=O) groups excluding carboxylic acids is 1. The first-order chi connectivity index (χ1) is 7.68. The quantitative estimate of drug-likeness (QED) is 0.720. The monoisotopic (exact) mass is 215 g/mol. The summed E-state index contributed by atoms with van der Waals surface area (Å²) in [7, 11) is 0. The van der Waals surface area contributed by atoms with Gasteiger partial charge in [0.25, 0.3) is 0 Å². The van der Waals surface area contributed by atoms with Gasteiger partial charge in [-0.2, -0.15) is 0 Å². The lowest BCUT2D eigenvalue weighted by atomic mass is 10.1.